The van der Waals surface area contributed by atoms with Crippen LogP contribution in [0, 0.1) is 5.92 Å². The topological polar surface area (TPSA) is 69.6 Å². The van der Waals surface area contributed by atoms with Gasteiger partial charge in [0.2, 0.25) is 0 Å². The number of hydrogen-bond acceptors (Lipinski definition) is 2. The van der Waals surface area contributed by atoms with Crippen molar-refractivity contribution in [2.75, 3.05) is 13.1 Å². The molecule has 0 bridgehead atoms. The van der Waals surface area contributed by atoms with Gasteiger partial charge in [0.25, 0.3) is 0 Å². The summed E-state index contributed by atoms with van der Waals surface area (Å²) in [5.41, 5.74) is -0.0859. The zero-order valence-corrected chi connectivity index (χ0v) is 9.53. The molecule has 2 fully saturated rings. The summed E-state index contributed by atoms with van der Waals surface area (Å²) in [7, 11) is 0. The van der Waals surface area contributed by atoms with Crippen molar-refractivity contribution < 1.29 is 14.7 Å². The molecule has 2 amide bonds. The molecule has 0 aliphatic heterocycles. The van der Waals surface area contributed by atoms with Gasteiger partial charge in [-0.25, -0.2) is 4.79 Å². The number of amides is 2. The Bertz CT molecular complexity index is 308. The van der Waals surface area contributed by atoms with Gasteiger partial charge in [-0.2, -0.15) is 0 Å². The van der Waals surface area contributed by atoms with E-state index in [0.717, 1.165) is 25.7 Å². The number of rotatable bonds is 5. The Balaban J connectivity index is 1.87. The van der Waals surface area contributed by atoms with Crippen molar-refractivity contribution in [1.82, 2.24) is 10.2 Å². The van der Waals surface area contributed by atoms with E-state index in [9.17, 15) is 9.59 Å². The monoisotopic (exact) mass is 226 g/mol. The molecule has 2 saturated carbocycles. The summed E-state index contributed by atoms with van der Waals surface area (Å²) in [5.74, 6) is -0.436. The molecule has 16 heavy (non-hydrogen) atoms. The van der Waals surface area contributed by atoms with Gasteiger partial charge < -0.3 is 15.3 Å². The highest BCUT2D eigenvalue weighted by atomic mass is 16.4. The molecule has 0 radical (unpaired) electrons. The number of carbonyl (C=O) groups excluding carboxylic acids is 1. The normalized spacial score (nSPS) is 21.3. The van der Waals surface area contributed by atoms with E-state index >= 15 is 0 Å². The predicted molar refractivity (Wildman–Crippen MR) is 58.1 cm³/mol. The third-order valence-corrected chi connectivity index (χ3v) is 3.20. The SMILES string of the molecule is CC1(NC(=O)N(CC(=O)O)CC2CC2)CC1. The smallest absolute Gasteiger partial charge is 0.323 e. The Kier molecular flexibility index (Phi) is 2.78. The fourth-order valence-electron chi connectivity index (χ4n) is 1.64. The van der Waals surface area contributed by atoms with Gasteiger partial charge in [-0.05, 0) is 38.5 Å². The van der Waals surface area contributed by atoms with Crippen molar-refractivity contribution in [3.63, 3.8) is 0 Å². The van der Waals surface area contributed by atoms with Crippen molar-refractivity contribution in [3.8, 4) is 0 Å². The van der Waals surface area contributed by atoms with Gasteiger partial charge in [0.1, 0.15) is 6.54 Å². The molecule has 2 N–H and O–H groups in total. The number of aliphatic carboxylic acids is 1. The highest BCUT2D eigenvalue weighted by Crippen LogP contribution is 2.35. The summed E-state index contributed by atoms with van der Waals surface area (Å²) in [4.78, 5) is 23.9. The van der Waals surface area contributed by atoms with E-state index in [1.165, 1.54) is 4.90 Å². The van der Waals surface area contributed by atoms with Crippen molar-refractivity contribution in [2.45, 2.75) is 38.1 Å². The van der Waals surface area contributed by atoms with Crippen LogP contribution in [0.4, 0.5) is 4.79 Å². The molecule has 0 saturated heterocycles. The van der Waals surface area contributed by atoms with Crippen LogP contribution >= 0.6 is 0 Å². The van der Waals surface area contributed by atoms with Crippen LogP contribution in [0.1, 0.15) is 32.6 Å². The average Bonchev–Trinajstić information content (AvgIpc) is 3.04. The van der Waals surface area contributed by atoms with Gasteiger partial charge >= 0.3 is 12.0 Å². The molecule has 5 heteroatoms. The minimum atomic E-state index is -0.947. The van der Waals surface area contributed by atoms with Gasteiger partial charge in [-0.3, -0.25) is 4.79 Å². The Morgan fingerprint density at radius 3 is 2.50 bits per heavy atom. The average molecular weight is 226 g/mol. The molecule has 2 rings (SSSR count). The molecule has 5 nitrogen and oxygen atoms in total. The standard InChI is InChI=1S/C11H18N2O3/c1-11(4-5-11)12-10(16)13(7-9(14)15)6-8-2-3-8/h8H,2-7H2,1H3,(H,12,16)(H,14,15). The molecule has 0 unspecified atom stereocenters. The third-order valence-electron chi connectivity index (χ3n) is 3.20. The first-order chi connectivity index (χ1) is 7.48. The lowest BCUT2D eigenvalue weighted by Gasteiger charge is -2.23. The fourth-order valence-corrected chi connectivity index (χ4v) is 1.64. The number of carboxylic acid groups (broad SMARTS) is 1. The van der Waals surface area contributed by atoms with Crippen LogP contribution in [0.5, 0.6) is 0 Å². The van der Waals surface area contributed by atoms with Crippen molar-refractivity contribution in [2.24, 2.45) is 5.92 Å². The molecule has 2 aliphatic carbocycles. The minimum absolute atomic E-state index is 0.0859. The van der Waals surface area contributed by atoms with E-state index in [-0.39, 0.29) is 18.1 Å². The maximum absolute atomic E-state index is 11.8. The van der Waals surface area contributed by atoms with Crippen molar-refractivity contribution in [3.05, 3.63) is 0 Å². The largest absolute Gasteiger partial charge is 0.480 e. The number of nitrogens with one attached hydrogen (secondary N) is 1. The zero-order valence-electron chi connectivity index (χ0n) is 9.53. The van der Waals surface area contributed by atoms with Crippen molar-refractivity contribution >= 4 is 12.0 Å². The van der Waals surface area contributed by atoms with E-state index in [1.54, 1.807) is 0 Å². The molecular formula is C11H18N2O3. The van der Waals surface area contributed by atoms with Gasteiger partial charge in [0, 0.05) is 12.1 Å². The number of nitrogens with zero attached hydrogens (tertiary/aromatic N) is 1. The zero-order chi connectivity index (χ0) is 11.8. The first-order valence-electron chi connectivity index (χ1n) is 5.77. The first-order valence-corrected chi connectivity index (χ1v) is 5.77. The Hall–Kier alpha value is -1.26. The summed E-state index contributed by atoms with van der Waals surface area (Å²) >= 11 is 0. The molecule has 0 heterocycles. The van der Waals surface area contributed by atoms with Gasteiger partial charge in [-0.1, -0.05) is 0 Å². The summed E-state index contributed by atoms with van der Waals surface area (Å²) in [6.45, 7) is 2.37. The van der Waals surface area contributed by atoms with E-state index in [1.807, 2.05) is 6.92 Å². The number of hydrogen-bond donors (Lipinski definition) is 2. The van der Waals surface area contributed by atoms with E-state index < -0.39 is 5.97 Å². The van der Waals surface area contributed by atoms with Gasteiger partial charge in [0.05, 0.1) is 0 Å². The Morgan fingerprint density at radius 1 is 1.44 bits per heavy atom. The lowest BCUT2D eigenvalue weighted by molar-refractivity contribution is -0.137. The minimum Gasteiger partial charge on any atom is -0.480 e. The Labute approximate surface area is 94.8 Å². The quantitative estimate of drug-likeness (QED) is 0.736. The van der Waals surface area contributed by atoms with Crippen LogP contribution in [-0.2, 0) is 4.79 Å². The fraction of sp³-hybridized carbons (Fsp3) is 0.818. The van der Waals surface area contributed by atoms with E-state index in [2.05, 4.69) is 5.32 Å². The summed E-state index contributed by atoms with van der Waals surface area (Å²) in [5, 5.41) is 11.7. The molecule has 0 aromatic rings. The van der Waals surface area contributed by atoms with Crippen LogP contribution in [-0.4, -0.2) is 40.6 Å². The Morgan fingerprint density at radius 2 is 2.06 bits per heavy atom. The van der Waals surface area contributed by atoms with Crippen LogP contribution in [0.15, 0.2) is 0 Å². The van der Waals surface area contributed by atoms with E-state index in [0.29, 0.717) is 12.5 Å². The second-order valence-electron chi connectivity index (χ2n) is 5.21. The van der Waals surface area contributed by atoms with Crippen molar-refractivity contribution in [1.29, 1.82) is 0 Å². The highest BCUT2D eigenvalue weighted by Gasteiger charge is 2.40. The second kappa shape index (κ2) is 3.96. The van der Waals surface area contributed by atoms with Crippen LogP contribution < -0.4 is 5.32 Å². The lowest BCUT2D eigenvalue weighted by atomic mass is 10.3. The summed E-state index contributed by atoms with van der Waals surface area (Å²) < 4.78 is 0. The molecule has 0 aromatic carbocycles. The molecular weight excluding hydrogens is 208 g/mol. The summed E-state index contributed by atoms with van der Waals surface area (Å²) in [6, 6.07) is -0.227. The van der Waals surface area contributed by atoms with E-state index in [4.69, 9.17) is 5.11 Å². The predicted octanol–water partition coefficient (Wildman–Crippen LogP) is 1.05. The van der Waals surface area contributed by atoms with Gasteiger partial charge in [-0.15, -0.1) is 0 Å². The molecule has 0 atom stereocenters. The summed E-state index contributed by atoms with van der Waals surface area (Å²) in [6.07, 6.45) is 4.20. The maximum atomic E-state index is 11.8. The maximum Gasteiger partial charge on any atom is 0.323 e. The molecule has 0 spiro atoms. The van der Waals surface area contributed by atoms with Crippen LogP contribution in [0.2, 0.25) is 0 Å². The number of urea groups is 1. The third kappa shape index (κ3) is 3.12. The van der Waals surface area contributed by atoms with Gasteiger partial charge in [0.15, 0.2) is 0 Å². The van der Waals surface area contributed by atoms with Crippen LogP contribution in [0.25, 0.3) is 0 Å². The highest BCUT2D eigenvalue weighted by molar-refractivity contribution is 5.80. The lowest BCUT2D eigenvalue weighted by Crippen LogP contribution is -2.47. The molecule has 2 aliphatic rings. The van der Waals surface area contributed by atoms with Crippen LogP contribution in [0.3, 0.4) is 0 Å². The number of carboxylic acids is 1. The first kappa shape index (κ1) is 11.2. The molecule has 90 valence electrons. The number of carbonyl (C=O) groups is 2. The second-order valence-corrected chi connectivity index (χ2v) is 5.21. The molecule has 0 aromatic heterocycles.